The zero-order valence-electron chi connectivity index (χ0n) is 5.97. The Kier molecular flexibility index (Phi) is 0.864. The van der Waals surface area contributed by atoms with Gasteiger partial charge in [0, 0.05) is 0 Å². The SMILES string of the molecule is C1=Nc2nc3c(cc2=N1)N=CN=3. The number of aliphatic imine (C=N–C) groups is 2. The minimum Gasteiger partial charge on any atom is -0.233 e. The molecule has 0 aliphatic carbocycles. The Bertz CT molecular complexity index is 476. The summed E-state index contributed by atoms with van der Waals surface area (Å²) in [6.45, 7) is 0. The van der Waals surface area contributed by atoms with Gasteiger partial charge in [-0.3, -0.25) is 0 Å². The van der Waals surface area contributed by atoms with Crippen LogP contribution in [-0.2, 0) is 0 Å². The molecule has 3 heterocycles. The summed E-state index contributed by atoms with van der Waals surface area (Å²) in [5.41, 5.74) is 1.39. The van der Waals surface area contributed by atoms with Gasteiger partial charge in [-0.05, 0) is 6.07 Å². The van der Waals surface area contributed by atoms with E-state index in [4.69, 9.17) is 0 Å². The van der Waals surface area contributed by atoms with Crippen molar-refractivity contribution in [1.82, 2.24) is 4.98 Å². The van der Waals surface area contributed by atoms with E-state index in [9.17, 15) is 0 Å². The first-order valence-electron chi connectivity index (χ1n) is 3.45. The highest BCUT2D eigenvalue weighted by molar-refractivity contribution is 5.69. The highest BCUT2D eigenvalue weighted by atomic mass is 15.1. The number of nitrogens with zero attached hydrogens (tertiary/aromatic N) is 5. The van der Waals surface area contributed by atoms with Crippen LogP contribution < -0.4 is 10.8 Å². The molecule has 0 aromatic carbocycles. The average Bonchev–Trinajstić information content (AvgIpc) is 2.64. The minimum atomic E-state index is 0.628. The number of hydrogen-bond donors (Lipinski definition) is 0. The molecule has 0 spiro atoms. The molecule has 0 N–H and O–H groups in total. The number of rotatable bonds is 0. The third-order valence-corrected chi connectivity index (χ3v) is 1.70. The lowest BCUT2D eigenvalue weighted by Gasteiger charge is -1.88. The van der Waals surface area contributed by atoms with Crippen LogP contribution in [0.3, 0.4) is 0 Å². The summed E-state index contributed by atoms with van der Waals surface area (Å²) < 4.78 is 0. The lowest BCUT2D eigenvalue weighted by atomic mass is 10.4. The van der Waals surface area contributed by atoms with E-state index >= 15 is 0 Å². The van der Waals surface area contributed by atoms with Crippen molar-refractivity contribution in [3.8, 4) is 0 Å². The number of fused-ring (bicyclic) bond motifs is 2. The van der Waals surface area contributed by atoms with Gasteiger partial charge in [0.15, 0.2) is 11.3 Å². The minimum absolute atomic E-state index is 0.628. The van der Waals surface area contributed by atoms with Gasteiger partial charge in [0.2, 0.25) is 0 Å². The largest absolute Gasteiger partial charge is 0.233 e. The summed E-state index contributed by atoms with van der Waals surface area (Å²) in [6, 6.07) is 1.83. The molecule has 0 saturated carbocycles. The molecule has 0 amide bonds. The molecule has 1 aromatic heterocycles. The van der Waals surface area contributed by atoms with Gasteiger partial charge in [-0.25, -0.2) is 25.0 Å². The first-order chi connectivity index (χ1) is 5.93. The van der Waals surface area contributed by atoms with Crippen molar-refractivity contribution in [2.75, 3.05) is 0 Å². The number of aromatic nitrogens is 1. The van der Waals surface area contributed by atoms with E-state index in [2.05, 4.69) is 25.0 Å². The fourth-order valence-electron chi connectivity index (χ4n) is 1.14. The first kappa shape index (κ1) is 5.70. The predicted molar refractivity (Wildman–Crippen MR) is 42.9 cm³/mol. The third-order valence-electron chi connectivity index (χ3n) is 1.70. The van der Waals surface area contributed by atoms with E-state index in [1.54, 1.807) is 0 Å². The van der Waals surface area contributed by atoms with Crippen molar-refractivity contribution < 1.29 is 0 Å². The summed E-state index contributed by atoms with van der Waals surface area (Å²) in [5, 5.41) is 0.767. The van der Waals surface area contributed by atoms with E-state index in [0.717, 1.165) is 11.0 Å². The zero-order chi connectivity index (χ0) is 7.97. The predicted octanol–water partition coefficient (Wildman–Crippen LogP) is -0.332. The number of hydrogen-bond acceptors (Lipinski definition) is 5. The molecule has 2 aliphatic rings. The van der Waals surface area contributed by atoms with Crippen LogP contribution in [0.4, 0.5) is 11.5 Å². The summed E-state index contributed by atoms with van der Waals surface area (Å²) >= 11 is 0. The maximum absolute atomic E-state index is 4.15. The standard InChI is InChI=1S/C7H3N5/c1-4-6(10-2-8-4)12-7-5(1)9-3-11-7/h1-3H. The van der Waals surface area contributed by atoms with Crippen molar-refractivity contribution in [3.63, 3.8) is 0 Å². The second-order valence-corrected chi connectivity index (χ2v) is 2.42. The molecule has 0 saturated heterocycles. The molecule has 0 unspecified atom stereocenters. The Morgan fingerprint density at radius 2 is 1.92 bits per heavy atom. The van der Waals surface area contributed by atoms with E-state index < -0.39 is 0 Å². The second-order valence-electron chi connectivity index (χ2n) is 2.42. The molecule has 2 aliphatic heterocycles. The zero-order valence-corrected chi connectivity index (χ0v) is 5.97. The van der Waals surface area contributed by atoms with Gasteiger partial charge in [-0.15, -0.1) is 0 Å². The van der Waals surface area contributed by atoms with Crippen molar-refractivity contribution in [1.29, 1.82) is 0 Å². The molecule has 3 rings (SSSR count). The molecule has 0 fully saturated rings. The molecule has 0 bridgehead atoms. The lowest BCUT2D eigenvalue weighted by molar-refractivity contribution is 1.15. The van der Waals surface area contributed by atoms with E-state index in [0.29, 0.717) is 11.3 Å². The van der Waals surface area contributed by atoms with Crippen LogP contribution >= 0.6 is 0 Å². The maximum atomic E-state index is 4.15. The summed E-state index contributed by atoms with van der Waals surface area (Å²) in [7, 11) is 0. The second kappa shape index (κ2) is 1.82. The van der Waals surface area contributed by atoms with Crippen LogP contribution in [0.5, 0.6) is 0 Å². The van der Waals surface area contributed by atoms with Crippen LogP contribution in [0.1, 0.15) is 0 Å². The monoisotopic (exact) mass is 157 g/mol. The van der Waals surface area contributed by atoms with Gasteiger partial charge in [0.05, 0.1) is 0 Å². The van der Waals surface area contributed by atoms with Crippen LogP contribution in [0, 0.1) is 0 Å². The fraction of sp³-hybridized carbons (Fsp3) is 0. The number of pyridine rings is 1. The van der Waals surface area contributed by atoms with Gasteiger partial charge >= 0.3 is 0 Å². The van der Waals surface area contributed by atoms with E-state index in [1.165, 1.54) is 12.7 Å². The molecule has 0 atom stereocenters. The Morgan fingerprint density at radius 1 is 1.00 bits per heavy atom. The Labute approximate surface area is 67.0 Å². The van der Waals surface area contributed by atoms with Crippen molar-refractivity contribution in [3.05, 3.63) is 16.9 Å². The van der Waals surface area contributed by atoms with E-state index in [1.807, 2.05) is 6.07 Å². The summed E-state index contributed by atoms with van der Waals surface area (Å²) in [5.74, 6) is 0.628. The fourth-order valence-corrected chi connectivity index (χ4v) is 1.14. The van der Waals surface area contributed by atoms with Crippen LogP contribution in [0.15, 0.2) is 26.0 Å². The Morgan fingerprint density at radius 3 is 2.92 bits per heavy atom. The molecular weight excluding hydrogens is 154 g/mol. The molecule has 1 aromatic rings. The molecule has 12 heavy (non-hydrogen) atoms. The Hall–Kier alpha value is -1.91. The average molecular weight is 157 g/mol. The maximum Gasteiger partial charge on any atom is 0.181 e. The molecule has 56 valence electrons. The molecule has 5 heteroatoms. The van der Waals surface area contributed by atoms with Crippen molar-refractivity contribution in [2.24, 2.45) is 20.0 Å². The van der Waals surface area contributed by atoms with Crippen molar-refractivity contribution in [2.45, 2.75) is 0 Å². The normalized spacial score (nSPS) is 15.3. The first-order valence-corrected chi connectivity index (χ1v) is 3.45. The Balaban J connectivity index is 2.50. The van der Waals surface area contributed by atoms with Gasteiger partial charge in [-0.2, -0.15) is 0 Å². The third kappa shape index (κ3) is 0.597. The van der Waals surface area contributed by atoms with Crippen LogP contribution in [0.2, 0.25) is 0 Å². The topological polar surface area (TPSA) is 62.3 Å². The van der Waals surface area contributed by atoms with Crippen molar-refractivity contribution >= 4 is 24.2 Å². The van der Waals surface area contributed by atoms with Gasteiger partial charge in [-0.1, -0.05) is 0 Å². The van der Waals surface area contributed by atoms with Crippen LogP contribution in [0.25, 0.3) is 0 Å². The molecule has 5 nitrogen and oxygen atoms in total. The van der Waals surface area contributed by atoms with Gasteiger partial charge < -0.3 is 0 Å². The highest BCUT2D eigenvalue weighted by Gasteiger charge is 2.07. The summed E-state index contributed by atoms with van der Waals surface area (Å²) in [4.78, 5) is 20.1. The molecule has 0 radical (unpaired) electrons. The van der Waals surface area contributed by atoms with Crippen LogP contribution in [-0.4, -0.2) is 17.7 Å². The highest BCUT2D eigenvalue weighted by Crippen LogP contribution is 2.08. The van der Waals surface area contributed by atoms with Gasteiger partial charge in [0.25, 0.3) is 0 Å². The van der Waals surface area contributed by atoms with Gasteiger partial charge in [0.1, 0.15) is 23.7 Å². The lowest BCUT2D eigenvalue weighted by Crippen LogP contribution is -2.11. The smallest absolute Gasteiger partial charge is 0.181 e. The quantitative estimate of drug-likeness (QED) is 0.508. The van der Waals surface area contributed by atoms with E-state index in [-0.39, 0.29) is 0 Å². The summed E-state index contributed by atoms with van der Waals surface area (Å²) in [6.07, 6.45) is 2.97. The molecular formula is C7H3N5.